The van der Waals surface area contributed by atoms with Crippen molar-refractivity contribution in [2.24, 2.45) is 0 Å². The average molecular weight is 285 g/mol. The molecule has 0 aromatic rings. The minimum atomic E-state index is -0.606. The Hall–Kier alpha value is -0.650. The number of hydrogen-bond acceptors (Lipinski definition) is 5. The molecule has 0 spiro atoms. The van der Waals surface area contributed by atoms with E-state index >= 15 is 0 Å². The SMILES string of the molecule is CCCNC(C)(CN1CCN(C(C)C)CC1)C(=O)OC. The monoisotopic (exact) mass is 285 g/mol. The van der Waals surface area contributed by atoms with Gasteiger partial charge in [-0.3, -0.25) is 14.6 Å². The third-order valence-electron chi connectivity index (χ3n) is 4.08. The van der Waals surface area contributed by atoms with Gasteiger partial charge in [-0.05, 0) is 33.7 Å². The van der Waals surface area contributed by atoms with Crippen LogP contribution in [0.5, 0.6) is 0 Å². The van der Waals surface area contributed by atoms with Gasteiger partial charge in [-0.15, -0.1) is 0 Å². The van der Waals surface area contributed by atoms with Gasteiger partial charge in [-0.1, -0.05) is 6.92 Å². The molecule has 1 atom stereocenters. The molecule has 5 heteroatoms. The van der Waals surface area contributed by atoms with Crippen LogP contribution in [0, 0.1) is 0 Å². The van der Waals surface area contributed by atoms with Crippen LogP contribution in [0.4, 0.5) is 0 Å². The molecule has 20 heavy (non-hydrogen) atoms. The second-order valence-electron chi connectivity index (χ2n) is 6.16. The lowest BCUT2D eigenvalue weighted by atomic mass is 10.0. The van der Waals surface area contributed by atoms with Crippen LogP contribution in [-0.4, -0.2) is 73.7 Å². The molecule has 1 saturated heterocycles. The highest BCUT2D eigenvalue weighted by atomic mass is 16.5. The van der Waals surface area contributed by atoms with E-state index in [0.717, 1.165) is 39.1 Å². The van der Waals surface area contributed by atoms with Gasteiger partial charge in [0, 0.05) is 38.8 Å². The van der Waals surface area contributed by atoms with Crippen LogP contribution in [0.25, 0.3) is 0 Å². The molecule has 0 aromatic heterocycles. The van der Waals surface area contributed by atoms with Gasteiger partial charge in [0.1, 0.15) is 5.54 Å². The summed E-state index contributed by atoms with van der Waals surface area (Å²) in [5.74, 6) is -0.169. The van der Waals surface area contributed by atoms with Crippen LogP contribution >= 0.6 is 0 Å². The summed E-state index contributed by atoms with van der Waals surface area (Å²) in [7, 11) is 1.46. The van der Waals surface area contributed by atoms with Crippen molar-refractivity contribution in [2.75, 3.05) is 46.4 Å². The van der Waals surface area contributed by atoms with E-state index in [-0.39, 0.29) is 5.97 Å². The fraction of sp³-hybridized carbons (Fsp3) is 0.933. The van der Waals surface area contributed by atoms with Gasteiger partial charge < -0.3 is 10.1 Å². The summed E-state index contributed by atoms with van der Waals surface area (Å²) < 4.78 is 4.97. The number of methoxy groups -OCH3 is 1. The van der Waals surface area contributed by atoms with Crippen LogP contribution in [-0.2, 0) is 9.53 Å². The smallest absolute Gasteiger partial charge is 0.327 e. The van der Waals surface area contributed by atoms with Gasteiger partial charge in [0.05, 0.1) is 7.11 Å². The largest absolute Gasteiger partial charge is 0.468 e. The Bertz CT molecular complexity index is 301. The van der Waals surface area contributed by atoms with E-state index in [4.69, 9.17) is 4.74 Å². The lowest BCUT2D eigenvalue weighted by molar-refractivity contribution is -0.149. The van der Waals surface area contributed by atoms with E-state index in [1.807, 2.05) is 6.92 Å². The standard InChI is InChI=1S/C15H31N3O2/c1-6-7-16-15(4,14(19)20-5)12-17-8-10-18(11-9-17)13(2)3/h13,16H,6-12H2,1-5H3. The summed E-state index contributed by atoms with van der Waals surface area (Å²) in [6.45, 7) is 14.2. The zero-order valence-electron chi connectivity index (χ0n) is 13.7. The fourth-order valence-electron chi connectivity index (χ4n) is 2.70. The summed E-state index contributed by atoms with van der Waals surface area (Å²) in [5, 5.41) is 3.35. The number of rotatable bonds is 7. The van der Waals surface area contributed by atoms with E-state index in [9.17, 15) is 4.79 Å². The Morgan fingerprint density at radius 3 is 2.35 bits per heavy atom. The lowest BCUT2D eigenvalue weighted by Crippen LogP contribution is -2.60. The number of carbonyl (C=O) groups excluding carboxylic acids is 1. The minimum absolute atomic E-state index is 0.169. The van der Waals surface area contributed by atoms with Gasteiger partial charge in [0.15, 0.2) is 0 Å². The molecule has 1 rings (SSSR count). The van der Waals surface area contributed by atoms with Gasteiger partial charge in [0.25, 0.3) is 0 Å². The van der Waals surface area contributed by atoms with E-state index in [2.05, 4.69) is 35.9 Å². The Morgan fingerprint density at radius 2 is 1.90 bits per heavy atom. The number of piperazine rings is 1. The first-order chi connectivity index (χ1) is 9.42. The topological polar surface area (TPSA) is 44.8 Å². The van der Waals surface area contributed by atoms with Crippen molar-refractivity contribution in [1.29, 1.82) is 0 Å². The molecule has 1 aliphatic heterocycles. The highest BCUT2D eigenvalue weighted by Gasteiger charge is 2.36. The first-order valence-electron chi connectivity index (χ1n) is 7.72. The minimum Gasteiger partial charge on any atom is -0.468 e. The molecule has 118 valence electrons. The molecule has 1 unspecified atom stereocenters. The van der Waals surface area contributed by atoms with Crippen LogP contribution in [0.2, 0.25) is 0 Å². The Kier molecular flexibility index (Phi) is 6.92. The van der Waals surface area contributed by atoms with Crippen molar-refractivity contribution in [3.05, 3.63) is 0 Å². The number of carbonyl (C=O) groups is 1. The van der Waals surface area contributed by atoms with Gasteiger partial charge in [-0.25, -0.2) is 0 Å². The summed E-state index contributed by atoms with van der Waals surface area (Å²) in [4.78, 5) is 16.9. The first kappa shape index (κ1) is 17.4. The third-order valence-corrected chi connectivity index (χ3v) is 4.08. The molecular weight excluding hydrogens is 254 g/mol. The zero-order valence-corrected chi connectivity index (χ0v) is 13.7. The molecule has 0 radical (unpaired) electrons. The van der Waals surface area contributed by atoms with Crippen molar-refractivity contribution >= 4 is 5.97 Å². The average Bonchev–Trinajstić information content (AvgIpc) is 2.44. The maximum atomic E-state index is 12.1. The van der Waals surface area contributed by atoms with Crippen LogP contribution < -0.4 is 5.32 Å². The van der Waals surface area contributed by atoms with Crippen LogP contribution in [0.1, 0.15) is 34.1 Å². The van der Waals surface area contributed by atoms with Crippen LogP contribution in [0.15, 0.2) is 0 Å². The van der Waals surface area contributed by atoms with E-state index in [1.165, 1.54) is 7.11 Å². The van der Waals surface area contributed by atoms with Crippen molar-refractivity contribution in [3.63, 3.8) is 0 Å². The molecule has 0 bridgehead atoms. The Morgan fingerprint density at radius 1 is 1.30 bits per heavy atom. The molecule has 1 N–H and O–H groups in total. The molecule has 0 aliphatic carbocycles. The normalized spacial score (nSPS) is 20.9. The van der Waals surface area contributed by atoms with Crippen molar-refractivity contribution < 1.29 is 9.53 Å². The number of nitrogens with one attached hydrogen (secondary N) is 1. The van der Waals surface area contributed by atoms with E-state index in [0.29, 0.717) is 12.6 Å². The number of esters is 1. The molecule has 0 saturated carbocycles. The summed E-state index contributed by atoms with van der Waals surface area (Å²) in [6, 6.07) is 0.599. The number of nitrogens with zero attached hydrogens (tertiary/aromatic N) is 2. The highest BCUT2D eigenvalue weighted by molar-refractivity contribution is 5.80. The van der Waals surface area contributed by atoms with Crippen molar-refractivity contribution in [2.45, 2.75) is 45.7 Å². The van der Waals surface area contributed by atoms with Crippen molar-refractivity contribution in [3.8, 4) is 0 Å². The Labute approximate surface area is 123 Å². The van der Waals surface area contributed by atoms with Crippen molar-refractivity contribution in [1.82, 2.24) is 15.1 Å². The quantitative estimate of drug-likeness (QED) is 0.706. The fourth-order valence-corrected chi connectivity index (χ4v) is 2.70. The van der Waals surface area contributed by atoms with Crippen LogP contribution in [0.3, 0.4) is 0 Å². The second-order valence-corrected chi connectivity index (χ2v) is 6.16. The lowest BCUT2D eigenvalue weighted by Gasteiger charge is -2.40. The molecule has 0 amide bonds. The predicted molar refractivity (Wildman–Crippen MR) is 81.9 cm³/mol. The molecule has 5 nitrogen and oxygen atoms in total. The summed E-state index contributed by atoms with van der Waals surface area (Å²) in [5.41, 5.74) is -0.606. The van der Waals surface area contributed by atoms with Gasteiger partial charge in [0.2, 0.25) is 0 Å². The summed E-state index contributed by atoms with van der Waals surface area (Å²) in [6.07, 6.45) is 1.01. The first-order valence-corrected chi connectivity index (χ1v) is 7.72. The maximum absolute atomic E-state index is 12.1. The predicted octanol–water partition coefficient (Wildman–Crippen LogP) is 0.944. The molecule has 0 aromatic carbocycles. The summed E-state index contributed by atoms with van der Waals surface area (Å²) >= 11 is 0. The molecular formula is C15H31N3O2. The van der Waals surface area contributed by atoms with Gasteiger partial charge >= 0.3 is 5.97 Å². The molecule has 1 heterocycles. The maximum Gasteiger partial charge on any atom is 0.327 e. The number of hydrogen-bond donors (Lipinski definition) is 1. The van der Waals surface area contributed by atoms with Gasteiger partial charge in [-0.2, -0.15) is 0 Å². The van der Waals surface area contributed by atoms with E-state index < -0.39 is 5.54 Å². The van der Waals surface area contributed by atoms with E-state index in [1.54, 1.807) is 0 Å². The number of ether oxygens (including phenoxy) is 1. The zero-order chi connectivity index (χ0) is 15.2. The molecule has 1 fully saturated rings. The highest BCUT2D eigenvalue weighted by Crippen LogP contribution is 2.13. The second kappa shape index (κ2) is 7.96. The Balaban J connectivity index is 2.56. The molecule has 1 aliphatic rings. The third kappa shape index (κ3) is 4.72.